The first kappa shape index (κ1) is 16.1. The smallest absolute Gasteiger partial charge is 0.0400 e. The zero-order chi connectivity index (χ0) is 15.5. The quantitative estimate of drug-likeness (QED) is 0.724. The van der Waals surface area contributed by atoms with E-state index in [4.69, 9.17) is 0 Å². The number of halogens is 1. The minimum atomic E-state index is 0.215. The Morgan fingerprint density at radius 1 is 1.00 bits per heavy atom. The van der Waals surface area contributed by atoms with E-state index in [1.165, 1.54) is 22.4 Å². The van der Waals surface area contributed by atoms with Crippen molar-refractivity contribution in [3.63, 3.8) is 0 Å². The third kappa shape index (κ3) is 4.34. The Morgan fingerprint density at radius 3 is 2.24 bits per heavy atom. The molecule has 2 aromatic rings. The van der Waals surface area contributed by atoms with Crippen LogP contribution < -0.4 is 5.32 Å². The minimum Gasteiger partial charge on any atom is -0.381 e. The van der Waals surface area contributed by atoms with Gasteiger partial charge in [0.1, 0.15) is 0 Å². The van der Waals surface area contributed by atoms with Gasteiger partial charge < -0.3 is 5.32 Å². The van der Waals surface area contributed by atoms with E-state index >= 15 is 0 Å². The molecule has 0 unspecified atom stereocenters. The van der Waals surface area contributed by atoms with E-state index < -0.39 is 0 Å². The fraction of sp³-hybridized carbons (Fsp3) is 0.368. The van der Waals surface area contributed by atoms with Crippen LogP contribution in [0, 0.1) is 0 Å². The Balaban J connectivity index is 2.07. The van der Waals surface area contributed by atoms with Crippen molar-refractivity contribution in [1.82, 2.24) is 0 Å². The van der Waals surface area contributed by atoms with Crippen molar-refractivity contribution in [3.05, 3.63) is 63.6 Å². The monoisotopic (exact) mass is 345 g/mol. The molecule has 112 valence electrons. The Kier molecular flexibility index (Phi) is 5.10. The van der Waals surface area contributed by atoms with Crippen LogP contribution in [0.15, 0.2) is 46.9 Å². The van der Waals surface area contributed by atoms with Gasteiger partial charge in [-0.15, -0.1) is 0 Å². The third-order valence-corrected chi connectivity index (χ3v) is 4.24. The molecule has 0 fully saturated rings. The molecule has 0 radical (unpaired) electrons. The van der Waals surface area contributed by atoms with E-state index in [0.29, 0.717) is 0 Å². The lowest BCUT2D eigenvalue weighted by molar-refractivity contribution is 0.590. The predicted molar refractivity (Wildman–Crippen MR) is 96.0 cm³/mol. The zero-order valence-corrected chi connectivity index (χ0v) is 14.9. The van der Waals surface area contributed by atoms with E-state index in [-0.39, 0.29) is 5.41 Å². The second-order valence-corrected chi connectivity index (χ2v) is 7.37. The second-order valence-electron chi connectivity index (χ2n) is 6.46. The topological polar surface area (TPSA) is 12.0 Å². The highest BCUT2D eigenvalue weighted by Gasteiger charge is 2.12. The maximum absolute atomic E-state index is 3.55. The molecule has 0 bridgehead atoms. The van der Waals surface area contributed by atoms with Crippen LogP contribution in [0.4, 0.5) is 5.69 Å². The molecule has 1 nitrogen and oxygen atoms in total. The summed E-state index contributed by atoms with van der Waals surface area (Å²) < 4.78 is 1.14. The van der Waals surface area contributed by atoms with Crippen LogP contribution in [-0.2, 0) is 18.4 Å². The molecule has 0 saturated carbocycles. The van der Waals surface area contributed by atoms with Gasteiger partial charge in [-0.3, -0.25) is 0 Å². The van der Waals surface area contributed by atoms with Crippen molar-refractivity contribution in [2.75, 3.05) is 5.32 Å². The predicted octanol–water partition coefficient (Wildman–Crippen LogP) is 5.92. The summed E-state index contributed by atoms with van der Waals surface area (Å²) in [5.41, 5.74) is 5.47. The number of anilines is 1. The molecule has 0 saturated heterocycles. The highest BCUT2D eigenvalue weighted by molar-refractivity contribution is 9.10. The van der Waals surface area contributed by atoms with Gasteiger partial charge in [-0.05, 0) is 46.7 Å². The molecule has 21 heavy (non-hydrogen) atoms. The summed E-state index contributed by atoms with van der Waals surface area (Å²) in [5.74, 6) is 0. The van der Waals surface area contributed by atoms with E-state index in [0.717, 1.165) is 17.4 Å². The number of hydrogen-bond acceptors (Lipinski definition) is 1. The van der Waals surface area contributed by atoms with Crippen LogP contribution in [0.3, 0.4) is 0 Å². The molecule has 0 amide bonds. The van der Waals surface area contributed by atoms with E-state index in [1.54, 1.807) is 0 Å². The minimum absolute atomic E-state index is 0.215. The number of aryl methyl sites for hydroxylation is 1. The number of nitrogens with one attached hydrogen (secondary N) is 1. The van der Waals surface area contributed by atoms with Gasteiger partial charge in [0.05, 0.1) is 0 Å². The Morgan fingerprint density at radius 2 is 1.67 bits per heavy atom. The molecule has 0 spiro atoms. The first-order valence-corrected chi connectivity index (χ1v) is 8.31. The molecular weight excluding hydrogens is 322 g/mol. The summed E-state index contributed by atoms with van der Waals surface area (Å²) in [7, 11) is 0. The number of rotatable bonds is 4. The molecule has 0 aliphatic heterocycles. The maximum Gasteiger partial charge on any atom is 0.0400 e. The van der Waals surface area contributed by atoms with Crippen LogP contribution >= 0.6 is 15.9 Å². The highest BCUT2D eigenvalue weighted by Crippen LogP contribution is 2.24. The maximum atomic E-state index is 3.55. The van der Waals surface area contributed by atoms with Crippen molar-refractivity contribution in [2.45, 2.75) is 46.1 Å². The second kappa shape index (κ2) is 6.65. The third-order valence-electron chi connectivity index (χ3n) is 3.75. The molecule has 2 rings (SSSR count). The number of hydrogen-bond donors (Lipinski definition) is 1. The molecule has 1 N–H and O–H groups in total. The van der Waals surface area contributed by atoms with Gasteiger partial charge in [-0.2, -0.15) is 0 Å². The fourth-order valence-corrected chi connectivity index (χ4v) is 2.76. The Bertz CT molecular complexity index is 594. The van der Waals surface area contributed by atoms with E-state index in [1.807, 2.05) is 0 Å². The fourth-order valence-electron chi connectivity index (χ4n) is 2.35. The Labute approximate surface area is 136 Å². The van der Waals surface area contributed by atoms with Gasteiger partial charge in [-0.1, -0.05) is 67.9 Å². The lowest BCUT2D eigenvalue weighted by Gasteiger charge is -2.19. The highest BCUT2D eigenvalue weighted by atomic mass is 79.9. The average molecular weight is 346 g/mol. The molecule has 2 aromatic carbocycles. The lowest BCUT2D eigenvalue weighted by Crippen LogP contribution is -2.11. The van der Waals surface area contributed by atoms with Crippen molar-refractivity contribution in [1.29, 1.82) is 0 Å². The zero-order valence-electron chi connectivity index (χ0n) is 13.3. The molecular formula is C19H24BrN. The molecule has 0 aliphatic rings. The normalized spacial score (nSPS) is 11.5. The largest absolute Gasteiger partial charge is 0.381 e. The summed E-state index contributed by atoms with van der Waals surface area (Å²) in [6.45, 7) is 9.78. The first-order valence-electron chi connectivity index (χ1n) is 7.52. The Hall–Kier alpha value is -1.28. The summed E-state index contributed by atoms with van der Waals surface area (Å²) >= 11 is 3.53. The van der Waals surface area contributed by atoms with Crippen molar-refractivity contribution < 1.29 is 0 Å². The summed E-state index contributed by atoms with van der Waals surface area (Å²) in [6, 6.07) is 15.3. The van der Waals surface area contributed by atoms with Crippen molar-refractivity contribution in [3.8, 4) is 0 Å². The number of benzene rings is 2. The lowest BCUT2D eigenvalue weighted by atomic mass is 9.87. The van der Waals surface area contributed by atoms with Crippen LogP contribution in [0.25, 0.3) is 0 Å². The molecule has 0 atom stereocenters. The van der Waals surface area contributed by atoms with Crippen LogP contribution in [0.2, 0.25) is 0 Å². The van der Waals surface area contributed by atoms with Gasteiger partial charge in [0.15, 0.2) is 0 Å². The van der Waals surface area contributed by atoms with Crippen molar-refractivity contribution >= 4 is 21.6 Å². The van der Waals surface area contributed by atoms with Gasteiger partial charge >= 0.3 is 0 Å². The molecule has 0 aliphatic carbocycles. The van der Waals surface area contributed by atoms with Gasteiger partial charge in [0.25, 0.3) is 0 Å². The molecule has 0 aromatic heterocycles. The van der Waals surface area contributed by atoms with Crippen LogP contribution in [0.1, 0.15) is 44.4 Å². The average Bonchev–Trinajstić information content (AvgIpc) is 2.45. The summed E-state index contributed by atoms with van der Waals surface area (Å²) in [4.78, 5) is 0. The first-order chi connectivity index (χ1) is 9.90. The van der Waals surface area contributed by atoms with Crippen molar-refractivity contribution in [2.24, 2.45) is 0 Å². The summed E-state index contributed by atoms with van der Waals surface area (Å²) in [6.07, 6.45) is 1.03. The molecule has 0 heterocycles. The van der Waals surface area contributed by atoms with Crippen LogP contribution in [0.5, 0.6) is 0 Å². The van der Waals surface area contributed by atoms with E-state index in [2.05, 4.69) is 91.4 Å². The van der Waals surface area contributed by atoms with Crippen LogP contribution in [-0.4, -0.2) is 0 Å². The van der Waals surface area contributed by atoms with Gasteiger partial charge in [-0.25, -0.2) is 0 Å². The van der Waals surface area contributed by atoms with E-state index in [9.17, 15) is 0 Å². The van der Waals surface area contributed by atoms with Gasteiger partial charge in [0, 0.05) is 16.7 Å². The molecule has 2 heteroatoms. The standard InChI is InChI=1S/C19H24BrN/c1-5-15-12-17(20)10-11-18(15)21-13-14-6-8-16(9-7-14)19(2,3)4/h6-12,21H,5,13H2,1-4H3. The van der Waals surface area contributed by atoms with Gasteiger partial charge in [0.2, 0.25) is 0 Å². The summed E-state index contributed by atoms with van der Waals surface area (Å²) in [5, 5.41) is 3.55. The SMILES string of the molecule is CCc1cc(Br)ccc1NCc1ccc(C(C)(C)C)cc1.